The summed E-state index contributed by atoms with van der Waals surface area (Å²) in [5, 5.41) is 0.655. The van der Waals surface area contributed by atoms with Gasteiger partial charge in [-0.25, -0.2) is 0 Å². The largest absolute Gasteiger partial charge is 0.493 e. The van der Waals surface area contributed by atoms with Crippen molar-refractivity contribution >= 4 is 16.9 Å². The van der Waals surface area contributed by atoms with Gasteiger partial charge in [0.25, 0.3) is 0 Å². The number of hydrogen-bond donors (Lipinski definition) is 1. The van der Waals surface area contributed by atoms with Crippen LogP contribution in [0.5, 0.6) is 11.5 Å². The standard InChI is InChI=1S/C26H29NO6/c1-17-24(27-23-6-4-3-5-22(23)26(17)29)16-33-21-12-19(13-25(28)30-2)11-20(14-21)32-15-18-7-9-31-10-8-18/h3-6,11-12,14,18H,7-10,13,15-16H2,1-2H3,(H,27,29). The fourth-order valence-corrected chi connectivity index (χ4v) is 3.95. The van der Waals surface area contributed by atoms with Crippen molar-refractivity contribution in [2.45, 2.75) is 32.8 Å². The van der Waals surface area contributed by atoms with E-state index in [0.29, 0.717) is 40.7 Å². The van der Waals surface area contributed by atoms with E-state index < -0.39 is 0 Å². The van der Waals surface area contributed by atoms with Gasteiger partial charge in [0, 0.05) is 35.7 Å². The van der Waals surface area contributed by atoms with Crippen LogP contribution in [0.4, 0.5) is 0 Å². The number of benzene rings is 2. The Morgan fingerprint density at radius 1 is 1.09 bits per heavy atom. The second-order valence-corrected chi connectivity index (χ2v) is 8.32. The van der Waals surface area contributed by atoms with Crippen molar-refractivity contribution in [3.05, 3.63) is 69.5 Å². The molecule has 33 heavy (non-hydrogen) atoms. The molecule has 2 heterocycles. The number of esters is 1. The monoisotopic (exact) mass is 451 g/mol. The van der Waals surface area contributed by atoms with E-state index in [1.54, 1.807) is 13.0 Å². The van der Waals surface area contributed by atoms with Gasteiger partial charge < -0.3 is 23.9 Å². The number of methoxy groups -OCH3 is 1. The normalized spacial score (nSPS) is 14.2. The molecule has 4 rings (SSSR count). The molecule has 1 aromatic heterocycles. The first kappa shape index (κ1) is 22.9. The average molecular weight is 452 g/mol. The number of fused-ring (bicyclic) bond motifs is 1. The van der Waals surface area contributed by atoms with Crippen LogP contribution in [0.3, 0.4) is 0 Å². The third-order valence-corrected chi connectivity index (χ3v) is 5.98. The molecule has 3 aromatic rings. The lowest BCUT2D eigenvalue weighted by atomic mass is 10.0. The van der Waals surface area contributed by atoms with Crippen molar-refractivity contribution in [1.82, 2.24) is 4.98 Å². The summed E-state index contributed by atoms with van der Waals surface area (Å²) >= 11 is 0. The number of rotatable bonds is 8. The van der Waals surface area contributed by atoms with Crippen LogP contribution >= 0.6 is 0 Å². The molecule has 0 spiro atoms. The SMILES string of the molecule is COC(=O)Cc1cc(OCc2[nH]c3ccccc3c(=O)c2C)cc(OCC2CCOCC2)c1. The molecule has 1 aliphatic heterocycles. The van der Waals surface area contributed by atoms with E-state index in [1.807, 2.05) is 36.4 Å². The zero-order chi connectivity index (χ0) is 23.2. The van der Waals surface area contributed by atoms with E-state index in [-0.39, 0.29) is 24.4 Å². The molecule has 1 fully saturated rings. The topological polar surface area (TPSA) is 86.9 Å². The van der Waals surface area contributed by atoms with Gasteiger partial charge in [-0.3, -0.25) is 9.59 Å². The first-order valence-electron chi connectivity index (χ1n) is 11.2. The summed E-state index contributed by atoms with van der Waals surface area (Å²) < 4.78 is 22.3. The zero-order valence-corrected chi connectivity index (χ0v) is 19.0. The number of aromatic amines is 1. The summed E-state index contributed by atoms with van der Waals surface area (Å²) in [4.78, 5) is 27.8. The minimum atomic E-state index is -0.336. The molecule has 7 heteroatoms. The lowest BCUT2D eigenvalue weighted by Gasteiger charge is -2.22. The Labute approximate surface area is 192 Å². The summed E-state index contributed by atoms with van der Waals surface area (Å²) in [6, 6.07) is 12.9. The van der Waals surface area contributed by atoms with E-state index in [4.69, 9.17) is 18.9 Å². The van der Waals surface area contributed by atoms with Crippen molar-refractivity contribution in [2.24, 2.45) is 5.92 Å². The summed E-state index contributed by atoms with van der Waals surface area (Å²) in [6.07, 6.45) is 2.06. The Bertz CT molecular complexity index is 1180. The molecule has 0 aliphatic carbocycles. The van der Waals surface area contributed by atoms with Crippen LogP contribution < -0.4 is 14.9 Å². The zero-order valence-electron chi connectivity index (χ0n) is 19.0. The molecule has 1 N–H and O–H groups in total. The van der Waals surface area contributed by atoms with Gasteiger partial charge in [-0.15, -0.1) is 0 Å². The lowest BCUT2D eigenvalue weighted by molar-refractivity contribution is -0.139. The third-order valence-electron chi connectivity index (χ3n) is 5.98. The molecule has 0 atom stereocenters. The highest BCUT2D eigenvalue weighted by molar-refractivity contribution is 5.79. The first-order chi connectivity index (χ1) is 16.0. The molecule has 0 unspecified atom stereocenters. The Balaban J connectivity index is 1.53. The van der Waals surface area contributed by atoms with Crippen molar-refractivity contribution < 1.29 is 23.7 Å². The summed E-state index contributed by atoms with van der Waals surface area (Å²) in [5.41, 5.74) is 2.83. The molecule has 0 radical (unpaired) electrons. The molecule has 0 bridgehead atoms. The number of H-pyrrole nitrogens is 1. The number of pyridine rings is 1. The second kappa shape index (κ2) is 10.5. The van der Waals surface area contributed by atoms with Gasteiger partial charge in [0.15, 0.2) is 5.43 Å². The van der Waals surface area contributed by atoms with E-state index >= 15 is 0 Å². The van der Waals surface area contributed by atoms with Crippen LogP contribution in [0.1, 0.15) is 29.7 Å². The Morgan fingerprint density at radius 2 is 1.82 bits per heavy atom. The maximum absolute atomic E-state index is 12.7. The Hall–Kier alpha value is -3.32. The van der Waals surface area contributed by atoms with Crippen molar-refractivity contribution in [1.29, 1.82) is 0 Å². The quantitative estimate of drug-likeness (QED) is 0.522. The molecule has 2 aromatic carbocycles. The van der Waals surface area contributed by atoms with E-state index in [9.17, 15) is 9.59 Å². The van der Waals surface area contributed by atoms with Gasteiger partial charge in [-0.1, -0.05) is 12.1 Å². The first-order valence-corrected chi connectivity index (χ1v) is 11.2. The van der Waals surface area contributed by atoms with Gasteiger partial charge in [-0.2, -0.15) is 0 Å². The number of nitrogens with one attached hydrogen (secondary N) is 1. The minimum absolute atomic E-state index is 0.0112. The third kappa shape index (κ3) is 5.73. The summed E-state index contributed by atoms with van der Waals surface area (Å²) in [5.74, 6) is 1.31. The molecule has 1 saturated heterocycles. The molecule has 0 amide bonds. The van der Waals surface area contributed by atoms with E-state index in [2.05, 4.69) is 4.98 Å². The highest BCUT2D eigenvalue weighted by Gasteiger charge is 2.16. The maximum Gasteiger partial charge on any atom is 0.309 e. The van der Waals surface area contributed by atoms with E-state index in [0.717, 1.165) is 37.1 Å². The molecular weight excluding hydrogens is 422 g/mol. The summed E-state index contributed by atoms with van der Waals surface area (Å²) in [7, 11) is 1.37. The number of carbonyl (C=O) groups excluding carboxylic acids is 1. The smallest absolute Gasteiger partial charge is 0.309 e. The van der Waals surface area contributed by atoms with E-state index in [1.165, 1.54) is 7.11 Å². The van der Waals surface area contributed by atoms with Gasteiger partial charge in [0.2, 0.25) is 0 Å². The second-order valence-electron chi connectivity index (χ2n) is 8.32. The number of aromatic nitrogens is 1. The molecule has 174 valence electrons. The van der Waals surface area contributed by atoms with Crippen LogP contribution in [0, 0.1) is 12.8 Å². The van der Waals surface area contributed by atoms with Crippen LogP contribution in [0.2, 0.25) is 0 Å². The fraction of sp³-hybridized carbons (Fsp3) is 0.385. The predicted octanol–water partition coefficient (Wildman–Crippen LogP) is 3.94. The minimum Gasteiger partial charge on any atom is -0.493 e. The fourth-order valence-electron chi connectivity index (χ4n) is 3.95. The van der Waals surface area contributed by atoms with Crippen molar-refractivity contribution in [2.75, 3.05) is 26.9 Å². The number of hydrogen-bond acceptors (Lipinski definition) is 6. The van der Waals surface area contributed by atoms with Gasteiger partial charge in [0.05, 0.1) is 25.8 Å². The molecule has 0 saturated carbocycles. The average Bonchev–Trinajstić information content (AvgIpc) is 2.84. The Kier molecular flexibility index (Phi) is 7.29. The van der Waals surface area contributed by atoms with Crippen molar-refractivity contribution in [3.63, 3.8) is 0 Å². The van der Waals surface area contributed by atoms with Gasteiger partial charge in [-0.05, 0) is 55.5 Å². The number of ether oxygens (including phenoxy) is 4. The number of carbonyl (C=O) groups is 1. The molecule has 7 nitrogen and oxygen atoms in total. The van der Waals surface area contributed by atoms with Crippen LogP contribution in [0.25, 0.3) is 10.9 Å². The highest BCUT2D eigenvalue weighted by atomic mass is 16.5. The lowest BCUT2D eigenvalue weighted by Crippen LogP contribution is -2.21. The van der Waals surface area contributed by atoms with Crippen molar-refractivity contribution in [3.8, 4) is 11.5 Å². The summed E-state index contributed by atoms with van der Waals surface area (Å²) in [6.45, 7) is 4.08. The molecule has 1 aliphatic rings. The van der Waals surface area contributed by atoms with Gasteiger partial charge >= 0.3 is 5.97 Å². The number of para-hydroxylation sites is 1. The van der Waals surface area contributed by atoms with Crippen LogP contribution in [0.15, 0.2) is 47.3 Å². The van der Waals surface area contributed by atoms with Crippen LogP contribution in [-0.2, 0) is 27.3 Å². The van der Waals surface area contributed by atoms with Crippen LogP contribution in [-0.4, -0.2) is 37.9 Å². The van der Waals surface area contributed by atoms with Gasteiger partial charge in [0.1, 0.15) is 18.1 Å². The predicted molar refractivity (Wildman–Crippen MR) is 125 cm³/mol. The molecular formula is C26H29NO6. The highest BCUT2D eigenvalue weighted by Crippen LogP contribution is 2.26. The Morgan fingerprint density at radius 3 is 2.58 bits per heavy atom. The maximum atomic E-state index is 12.7.